The lowest BCUT2D eigenvalue weighted by atomic mass is 10.2. The van der Waals surface area contributed by atoms with Gasteiger partial charge in [0.1, 0.15) is 24.7 Å². The molecule has 0 bridgehead atoms. The third-order valence-electron chi connectivity index (χ3n) is 3.38. The first kappa shape index (κ1) is 18.3. The highest BCUT2D eigenvalue weighted by molar-refractivity contribution is 6.04. The first-order valence-electron chi connectivity index (χ1n) is 7.20. The number of amides is 4. The van der Waals surface area contributed by atoms with Crippen LogP contribution in [0.3, 0.4) is 0 Å². The van der Waals surface area contributed by atoms with Gasteiger partial charge in [0.25, 0.3) is 11.8 Å². The van der Waals surface area contributed by atoms with E-state index in [4.69, 9.17) is 4.74 Å². The SMILES string of the molecule is C[C@H](OC(=O)CN1C(=O)CN(C)C1=O)C(=O)Nc1ccc(F)cc1F. The Bertz CT molecular complexity index is 740. The van der Waals surface area contributed by atoms with E-state index in [0.29, 0.717) is 11.0 Å². The fourth-order valence-corrected chi connectivity index (χ4v) is 2.07. The summed E-state index contributed by atoms with van der Waals surface area (Å²) in [6, 6.07) is 1.92. The summed E-state index contributed by atoms with van der Waals surface area (Å²) in [5.41, 5.74) is -0.277. The molecule has 1 atom stereocenters. The second kappa shape index (κ2) is 7.24. The maximum atomic E-state index is 13.5. The van der Waals surface area contributed by atoms with Gasteiger partial charge in [-0.1, -0.05) is 0 Å². The highest BCUT2D eigenvalue weighted by Crippen LogP contribution is 2.15. The number of likely N-dealkylation sites (N-methyl/N-ethyl adjacent to an activating group) is 1. The number of carbonyl (C=O) groups excluding carboxylic acids is 4. The van der Waals surface area contributed by atoms with Crippen LogP contribution >= 0.6 is 0 Å². The number of carbonyl (C=O) groups is 4. The lowest BCUT2D eigenvalue weighted by molar-refractivity contribution is -0.154. The average molecular weight is 355 g/mol. The molecule has 10 heteroatoms. The maximum absolute atomic E-state index is 13.5. The molecule has 2 rings (SSSR count). The van der Waals surface area contributed by atoms with Crippen molar-refractivity contribution in [2.24, 2.45) is 0 Å². The van der Waals surface area contributed by atoms with Crippen LogP contribution in [-0.4, -0.2) is 59.9 Å². The summed E-state index contributed by atoms with van der Waals surface area (Å²) in [5.74, 6) is -4.17. The van der Waals surface area contributed by atoms with Crippen molar-refractivity contribution >= 4 is 29.5 Å². The molecule has 0 unspecified atom stereocenters. The molecule has 4 amide bonds. The molecule has 0 saturated carbocycles. The number of anilines is 1. The van der Waals surface area contributed by atoms with Crippen molar-refractivity contribution in [2.75, 3.05) is 25.5 Å². The third-order valence-corrected chi connectivity index (χ3v) is 3.38. The van der Waals surface area contributed by atoms with E-state index >= 15 is 0 Å². The number of ether oxygens (including phenoxy) is 1. The zero-order valence-corrected chi connectivity index (χ0v) is 13.4. The van der Waals surface area contributed by atoms with Gasteiger partial charge in [0, 0.05) is 13.1 Å². The zero-order chi connectivity index (χ0) is 18.7. The van der Waals surface area contributed by atoms with E-state index in [9.17, 15) is 28.0 Å². The zero-order valence-electron chi connectivity index (χ0n) is 13.4. The van der Waals surface area contributed by atoms with Crippen molar-refractivity contribution in [2.45, 2.75) is 13.0 Å². The average Bonchev–Trinajstić information content (AvgIpc) is 2.76. The van der Waals surface area contributed by atoms with Gasteiger partial charge in [-0.2, -0.15) is 0 Å². The molecule has 1 N–H and O–H groups in total. The standard InChI is InChI=1S/C15H15F2N3O5/c1-8(14(23)18-11-4-3-9(16)5-10(11)17)25-13(22)7-20-12(21)6-19(2)15(20)24/h3-5,8H,6-7H2,1-2H3,(H,18,23)/t8-/m0/s1. The predicted octanol–water partition coefficient (Wildman–Crippen LogP) is 0.729. The monoisotopic (exact) mass is 355 g/mol. The number of rotatable bonds is 5. The maximum Gasteiger partial charge on any atom is 0.327 e. The highest BCUT2D eigenvalue weighted by atomic mass is 19.1. The topological polar surface area (TPSA) is 96.0 Å². The Morgan fingerprint density at radius 2 is 2.00 bits per heavy atom. The first-order valence-corrected chi connectivity index (χ1v) is 7.20. The Morgan fingerprint density at radius 1 is 1.32 bits per heavy atom. The fraction of sp³-hybridized carbons (Fsp3) is 0.333. The molecular formula is C15H15F2N3O5. The summed E-state index contributed by atoms with van der Waals surface area (Å²) in [6.07, 6.45) is -1.32. The summed E-state index contributed by atoms with van der Waals surface area (Å²) in [6.45, 7) is 0.449. The van der Waals surface area contributed by atoms with Crippen molar-refractivity contribution < 1.29 is 32.7 Å². The van der Waals surface area contributed by atoms with Crippen LogP contribution in [0.1, 0.15) is 6.92 Å². The third kappa shape index (κ3) is 4.28. The molecule has 8 nitrogen and oxygen atoms in total. The molecule has 1 saturated heterocycles. The first-order chi connectivity index (χ1) is 11.7. The molecule has 1 heterocycles. The highest BCUT2D eigenvalue weighted by Gasteiger charge is 2.35. The number of halogens is 2. The predicted molar refractivity (Wildman–Crippen MR) is 80.3 cm³/mol. The number of hydrogen-bond acceptors (Lipinski definition) is 5. The largest absolute Gasteiger partial charge is 0.451 e. The Balaban J connectivity index is 1.91. The van der Waals surface area contributed by atoms with E-state index in [0.717, 1.165) is 17.0 Å². The van der Waals surface area contributed by atoms with Crippen LogP contribution < -0.4 is 5.32 Å². The van der Waals surface area contributed by atoms with Gasteiger partial charge in [-0.3, -0.25) is 19.3 Å². The smallest absolute Gasteiger partial charge is 0.327 e. The molecule has 1 fully saturated rings. The molecule has 1 aliphatic heterocycles. The lowest BCUT2D eigenvalue weighted by Crippen LogP contribution is -2.39. The summed E-state index contributed by atoms with van der Waals surface area (Å²) in [7, 11) is 1.40. The summed E-state index contributed by atoms with van der Waals surface area (Å²) < 4.78 is 31.1. The second-order valence-corrected chi connectivity index (χ2v) is 5.36. The second-order valence-electron chi connectivity index (χ2n) is 5.36. The molecule has 0 spiro atoms. The quantitative estimate of drug-likeness (QED) is 0.620. The van der Waals surface area contributed by atoms with Gasteiger partial charge in [0.2, 0.25) is 0 Å². The van der Waals surface area contributed by atoms with Gasteiger partial charge >= 0.3 is 12.0 Å². The number of nitrogens with one attached hydrogen (secondary N) is 1. The van der Waals surface area contributed by atoms with Gasteiger partial charge in [-0.05, 0) is 19.1 Å². The molecular weight excluding hydrogens is 340 g/mol. The Hall–Kier alpha value is -3.04. The lowest BCUT2D eigenvalue weighted by Gasteiger charge is -2.17. The number of esters is 1. The van der Waals surface area contributed by atoms with E-state index in [1.807, 2.05) is 0 Å². The van der Waals surface area contributed by atoms with E-state index < -0.39 is 48.1 Å². The summed E-state index contributed by atoms with van der Waals surface area (Å²) in [4.78, 5) is 48.7. The molecule has 25 heavy (non-hydrogen) atoms. The van der Waals surface area contributed by atoms with Crippen LogP contribution in [0, 0.1) is 11.6 Å². The van der Waals surface area contributed by atoms with Crippen molar-refractivity contribution in [3.8, 4) is 0 Å². The van der Waals surface area contributed by atoms with Gasteiger partial charge in [-0.25, -0.2) is 13.6 Å². The normalized spacial score (nSPS) is 15.4. The van der Waals surface area contributed by atoms with Crippen LogP contribution in [-0.2, 0) is 19.1 Å². The molecule has 1 aromatic carbocycles. The number of hydrogen-bond donors (Lipinski definition) is 1. The molecule has 1 aliphatic rings. The molecule has 1 aromatic rings. The van der Waals surface area contributed by atoms with Crippen molar-refractivity contribution in [3.63, 3.8) is 0 Å². The van der Waals surface area contributed by atoms with E-state index in [1.54, 1.807) is 0 Å². The van der Waals surface area contributed by atoms with Crippen LogP contribution in [0.25, 0.3) is 0 Å². The number of benzene rings is 1. The van der Waals surface area contributed by atoms with Crippen LogP contribution in [0.2, 0.25) is 0 Å². The van der Waals surface area contributed by atoms with Crippen LogP contribution in [0.15, 0.2) is 18.2 Å². The number of urea groups is 1. The Kier molecular flexibility index (Phi) is 5.30. The van der Waals surface area contributed by atoms with Crippen LogP contribution in [0.5, 0.6) is 0 Å². The van der Waals surface area contributed by atoms with Crippen molar-refractivity contribution in [3.05, 3.63) is 29.8 Å². The number of imide groups is 1. The van der Waals surface area contributed by atoms with E-state index in [-0.39, 0.29) is 12.2 Å². The molecule has 134 valence electrons. The minimum absolute atomic E-state index is 0.147. The van der Waals surface area contributed by atoms with Gasteiger partial charge in [0.05, 0.1) is 5.69 Å². The van der Waals surface area contributed by atoms with E-state index in [1.165, 1.54) is 14.0 Å². The van der Waals surface area contributed by atoms with Gasteiger partial charge in [-0.15, -0.1) is 0 Å². The van der Waals surface area contributed by atoms with Crippen molar-refractivity contribution in [1.29, 1.82) is 0 Å². The fourth-order valence-electron chi connectivity index (χ4n) is 2.07. The van der Waals surface area contributed by atoms with Crippen molar-refractivity contribution in [1.82, 2.24) is 9.80 Å². The summed E-state index contributed by atoms with van der Waals surface area (Å²) >= 11 is 0. The summed E-state index contributed by atoms with van der Waals surface area (Å²) in [5, 5.41) is 2.15. The Morgan fingerprint density at radius 3 is 2.56 bits per heavy atom. The Labute approximate surface area is 141 Å². The molecule has 0 radical (unpaired) electrons. The van der Waals surface area contributed by atoms with Gasteiger partial charge in [0.15, 0.2) is 6.10 Å². The minimum Gasteiger partial charge on any atom is -0.451 e. The molecule has 0 aliphatic carbocycles. The van der Waals surface area contributed by atoms with E-state index in [2.05, 4.69) is 5.32 Å². The van der Waals surface area contributed by atoms with Gasteiger partial charge < -0.3 is 15.0 Å². The minimum atomic E-state index is -1.32. The molecule has 0 aromatic heterocycles. The number of nitrogens with zero attached hydrogens (tertiary/aromatic N) is 2. The van der Waals surface area contributed by atoms with Crippen LogP contribution in [0.4, 0.5) is 19.3 Å².